The van der Waals surface area contributed by atoms with Crippen molar-refractivity contribution in [3.63, 3.8) is 0 Å². The minimum Gasteiger partial charge on any atom is -0.481 e. The largest absolute Gasteiger partial charge is 0.481 e. The molecule has 0 bridgehead atoms. The summed E-state index contributed by atoms with van der Waals surface area (Å²) in [5.74, 6) is -1.25. The molecular weight excluding hydrogens is 230 g/mol. The first kappa shape index (κ1) is 16.9. The Morgan fingerprint density at radius 3 is 1.89 bits per heavy atom. The maximum absolute atomic E-state index is 12.4. The molecule has 0 saturated carbocycles. The Labute approximate surface area is 110 Å². The summed E-state index contributed by atoms with van der Waals surface area (Å²) < 4.78 is 0. The highest BCUT2D eigenvalue weighted by molar-refractivity contribution is 5.80. The first-order chi connectivity index (χ1) is 8.38. The second-order valence-electron chi connectivity index (χ2n) is 5.00. The van der Waals surface area contributed by atoms with Gasteiger partial charge in [-0.25, -0.2) is 0 Å². The van der Waals surface area contributed by atoms with Gasteiger partial charge >= 0.3 is 5.97 Å². The van der Waals surface area contributed by atoms with Crippen LogP contribution >= 0.6 is 0 Å². The fourth-order valence-corrected chi connectivity index (χ4v) is 1.95. The molecule has 2 atom stereocenters. The third kappa shape index (κ3) is 4.67. The first-order valence-electron chi connectivity index (χ1n) is 6.92. The summed E-state index contributed by atoms with van der Waals surface area (Å²) in [6, 6.07) is 0.0971. The van der Waals surface area contributed by atoms with Gasteiger partial charge in [-0.1, -0.05) is 27.7 Å². The maximum atomic E-state index is 12.4. The maximum Gasteiger partial charge on any atom is 0.308 e. The summed E-state index contributed by atoms with van der Waals surface area (Å²) in [5.41, 5.74) is 0. The lowest BCUT2D eigenvalue weighted by Crippen LogP contribution is -2.45. The van der Waals surface area contributed by atoms with Crippen LogP contribution in [0.15, 0.2) is 0 Å². The van der Waals surface area contributed by atoms with Gasteiger partial charge in [-0.15, -0.1) is 0 Å². The van der Waals surface area contributed by atoms with Gasteiger partial charge in [0.1, 0.15) is 0 Å². The molecule has 18 heavy (non-hydrogen) atoms. The second kappa shape index (κ2) is 8.11. The Morgan fingerprint density at radius 1 is 1.06 bits per heavy atom. The second-order valence-corrected chi connectivity index (χ2v) is 5.00. The van der Waals surface area contributed by atoms with Crippen molar-refractivity contribution in [1.82, 2.24) is 4.90 Å². The molecule has 0 aliphatic rings. The number of nitrogens with zero attached hydrogens (tertiary/aromatic N) is 1. The lowest BCUT2D eigenvalue weighted by Gasteiger charge is -2.32. The molecule has 4 heteroatoms. The Bertz CT molecular complexity index is 274. The van der Waals surface area contributed by atoms with Gasteiger partial charge in [-0.2, -0.15) is 0 Å². The summed E-state index contributed by atoms with van der Waals surface area (Å²) in [7, 11) is 0. The molecule has 0 heterocycles. The van der Waals surface area contributed by atoms with Crippen LogP contribution in [0.25, 0.3) is 0 Å². The number of aliphatic carboxylic acids is 1. The molecular formula is C14H27NO3. The van der Waals surface area contributed by atoms with E-state index in [0.717, 1.165) is 19.3 Å². The number of hydrogen-bond acceptors (Lipinski definition) is 2. The van der Waals surface area contributed by atoms with Crippen LogP contribution in [-0.4, -0.2) is 34.5 Å². The molecule has 0 saturated heterocycles. The van der Waals surface area contributed by atoms with E-state index in [9.17, 15) is 9.59 Å². The van der Waals surface area contributed by atoms with Crippen molar-refractivity contribution >= 4 is 11.9 Å². The van der Waals surface area contributed by atoms with Crippen LogP contribution in [0.4, 0.5) is 0 Å². The summed E-state index contributed by atoms with van der Waals surface area (Å²) in [4.78, 5) is 25.1. The van der Waals surface area contributed by atoms with Crippen LogP contribution in [0.2, 0.25) is 0 Å². The van der Waals surface area contributed by atoms with Crippen LogP contribution in [0.5, 0.6) is 0 Å². The van der Waals surface area contributed by atoms with Gasteiger partial charge < -0.3 is 10.0 Å². The van der Waals surface area contributed by atoms with Crippen LogP contribution in [-0.2, 0) is 9.59 Å². The minimum absolute atomic E-state index is 0.0139. The van der Waals surface area contributed by atoms with E-state index < -0.39 is 11.9 Å². The topological polar surface area (TPSA) is 57.6 Å². The molecule has 0 aromatic heterocycles. The van der Waals surface area contributed by atoms with Crippen molar-refractivity contribution in [3.05, 3.63) is 0 Å². The van der Waals surface area contributed by atoms with Crippen molar-refractivity contribution in [1.29, 1.82) is 0 Å². The average Bonchev–Trinajstić information content (AvgIpc) is 2.35. The summed E-state index contributed by atoms with van der Waals surface area (Å²) in [6.45, 7) is 9.96. The highest BCUT2D eigenvalue weighted by Gasteiger charge is 2.27. The minimum atomic E-state index is -0.847. The van der Waals surface area contributed by atoms with E-state index in [4.69, 9.17) is 5.11 Å². The molecule has 0 rings (SSSR count). The number of carbonyl (C=O) groups is 2. The van der Waals surface area contributed by atoms with Gasteiger partial charge in [-0.3, -0.25) is 9.59 Å². The Hall–Kier alpha value is -1.06. The van der Waals surface area contributed by atoms with Crippen molar-refractivity contribution in [2.24, 2.45) is 11.8 Å². The van der Waals surface area contributed by atoms with Crippen LogP contribution in [0.1, 0.15) is 53.9 Å². The SMILES string of the molecule is CCC(CC)C(=O)N(CC(C)C(=O)O)C(C)CC. The van der Waals surface area contributed by atoms with Crippen molar-refractivity contribution in [2.45, 2.75) is 59.9 Å². The number of carboxylic acids is 1. The molecule has 106 valence electrons. The summed E-state index contributed by atoms with van der Waals surface area (Å²) in [5, 5.41) is 8.98. The van der Waals surface area contributed by atoms with Crippen LogP contribution in [0.3, 0.4) is 0 Å². The fourth-order valence-electron chi connectivity index (χ4n) is 1.95. The van der Waals surface area contributed by atoms with Gasteiger partial charge in [0.05, 0.1) is 5.92 Å². The molecule has 1 N–H and O–H groups in total. The third-order valence-corrected chi connectivity index (χ3v) is 3.63. The van der Waals surface area contributed by atoms with Crippen molar-refractivity contribution in [3.8, 4) is 0 Å². The van der Waals surface area contributed by atoms with Crippen molar-refractivity contribution in [2.75, 3.05) is 6.54 Å². The molecule has 0 aromatic carbocycles. The highest BCUT2D eigenvalue weighted by atomic mass is 16.4. The number of rotatable bonds is 8. The predicted molar refractivity (Wildman–Crippen MR) is 72.3 cm³/mol. The molecule has 2 unspecified atom stereocenters. The van der Waals surface area contributed by atoms with Gasteiger partial charge in [-0.05, 0) is 26.2 Å². The molecule has 0 aliphatic heterocycles. The lowest BCUT2D eigenvalue weighted by molar-refractivity contribution is -0.145. The van der Waals surface area contributed by atoms with E-state index in [2.05, 4.69) is 0 Å². The van der Waals surface area contributed by atoms with E-state index in [-0.39, 0.29) is 17.9 Å². The van der Waals surface area contributed by atoms with Gasteiger partial charge in [0.15, 0.2) is 0 Å². The lowest BCUT2D eigenvalue weighted by atomic mass is 9.99. The molecule has 0 aromatic rings. The average molecular weight is 257 g/mol. The summed E-state index contributed by atoms with van der Waals surface area (Å²) in [6.07, 6.45) is 2.46. The standard InChI is InChI=1S/C14H27NO3/c1-6-11(5)15(9-10(4)14(17)18)13(16)12(7-2)8-3/h10-12H,6-9H2,1-5H3,(H,17,18). The van der Waals surface area contributed by atoms with E-state index in [1.54, 1.807) is 11.8 Å². The normalized spacial score (nSPS) is 14.3. The van der Waals surface area contributed by atoms with Gasteiger partial charge in [0, 0.05) is 18.5 Å². The van der Waals surface area contributed by atoms with E-state index >= 15 is 0 Å². The van der Waals surface area contributed by atoms with E-state index in [1.807, 2.05) is 27.7 Å². The summed E-state index contributed by atoms with van der Waals surface area (Å²) >= 11 is 0. The highest BCUT2D eigenvalue weighted by Crippen LogP contribution is 2.17. The van der Waals surface area contributed by atoms with Crippen LogP contribution < -0.4 is 0 Å². The molecule has 0 spiro atoms. The Balaban J connectivity index is 4.88. The number of carbonyl (C=O) groups excluding carboxylic acids is 1. The molecule has 0 fully saturated rings. The Kier molecular flexibility index (Phi) is 7.64. The van der Waals surface area contributed by atoms with Gasteiger partial charge in [0.2, 0.25) is 5.91 Å². The zero-order chi connectivity index (χ0) is 14.3. The first-order valence-corrected chi connectivity index (χ1v) is 6.92. The van der Waals surface area contributed by atoms with Crippen LogP contribution in [0, 0.1) is 11.8 Å². The monoisotopic (exact) mass is 257 g/mol. The zero-order valence-corrected chi connectivity index (χ0v) is 12.3. The number of hydrogen-bond donors (Lipinski definition) is 1. The molecule has 4 nitrogen and oxygen atoms in total. The molecule has 1 amide bonds. The number of carboxylic acid groups (broad SMARTS) is 1. The van der Waals surface area contributed by atoms with Crippen molar-refractivity contribution < 1.29 is 14.7 Å². The van der Waals surface area contributed by atoms with E-state index in [1.165, 1.54) is 0 Å². The Morgan fingerprint density at radius 2 is 1.56 bits per heavy atom. The van der Waals surface area contributed by atoms with E-state index in [0.29, 0.717) is 6.54 Å². The third-order valence-electron chi connectivity index (χ3n) is 3.63. The molecule has 0 aliphatic carbocycles. The number of amides is 1. The fraction of sp³-hybridized carbons (Fsp3) is 0.857. The quantitative estimate of drug-likeness (QED) is 0.727. The smallest absolute Gasteiger partial charge is 0.308 e. The predicted octanol–water partition coefficient (Wildman–Crippen LogP) is 2.77. The van der Waals surface area contributed by atoms with Gasteiger partial charge in [0.25, 0.3) is 0 Å². The molecule has 0 radical (unpaired) electrons. The zero-order valence-electron chi connectivity index (χ0n) is 12.3.